The number of nitrogens with one attached hydrogen (secondary N) is 3. The normalized spacial score (nSPS) is 12.8. The molecule has 0 aliphatic heterocycles. The Labute approximate surface area is 229 Å². The van der Waals surface area contributed by atoms with Gasteiger partial charge in [-0.15, -0.1) is 0 Å². The molecule has 39 heavy (non-hydrogen) atoms. The molecule has 0 aliphatic rings. The van der Waals surface area contributed by atoms with Gasteiger partial charge in [0, 0.05) is 30.7 Å². The van der Waals surface area contributed by atoms with Gasteiger partial charge in [-0.25, -0.2) is 0 Å². The van der Waals surface area contributed by atoms with E-state index in [1.54, 1.807) is 24.3 Å². The third kappa shape index (κ3) is 6.63. The highest BCUT2D eigenvalue weighted by molar-refractivity contribution is 5.94. The Morgan fingerprint density at radius 2 is 1.21 bits per heavy atom. The fraction of sp³-hybridized carbons (Fsp3) is 0.206. The molecule has 0 saturated heterocycles. The molecule has 0 aliphatic carbocycles. The van der Waals surface area contributed by atoms with Gasteiger partial charge in [-0.05, 0) is 76.8 Å². The van der Waals surface area contributed by atoms with Crippen molar-refractivity contribution < 1.29 is 9.90 Å². The van der Waals surface area contributed by atoms with Gasteiger partial charge in [-0.2, -0.15) is 0 Å². The van der Waals surface area contributed by atoms with Gasteiger partial charge in [-0.1, -0.05) is 84.9 Å². The first-order chi connectivity index (χ1) is 19.1. The Bertz CT molecular complexity index is 1540. The van der Waals surface area contributed by atoms with E-state index in [2.05, 4.69) is 94.8 Å². The molecule has 0 fully saturated rings. The van der Waals surface area contributed by atoms with Crippen molar-refractivity contribution in [2.45, 2.75) is 24.9 Å². The van der Waals surface area contributed by atoms with Crippen molar-refractivity contribution in [3.63, 3.8) is 0 Å². The Balaban J connectivity index is 1.36. The molecule has 198 valence electrons. The van der Waals surface area contributed by atoms with Crippen LogP contribution < -0.4 is 16.0 Å². The van der Waals surface area contributed by atoms with Crippen LogP contribution in [0.5, 0.6) is 5.75 Å². The second-order valence-corrected chi connectivity index (χ2v) is 10.1. The summed E-state index contributed by atoms with van der Waals surface area (Å²) in [6, 6.07) is 36.1. The van der Waals surface area contributed by atoms with Crippen LogP contribution in [0.2, 0.25) is 0 Å². The van der Waals surface area contributed by atoms with E-state index in [0.717, 1.165) is 13.0 Å². The first-order valence-corrected chi connectivity index (χ1v) is 13.5. The number of carbonyl (C=O) groups excluding carboxylic acids is 1. The predicted octanol–water partition coefficient (Wildman–Crippen LogP) is 5.46. The maximum absolute atomic E-state index is 13.2. The lowest BCUT2D eigenvalue weighted by molar-refractivity contribution is 0.0935. The molecule has 2 atom stereocenters. The lowest BCUT2D eigenvalue weighted by Gasteiger charge is -2.25. The van der Waals surface area contributed by atoms with Gasteiger partial charge in [-0.3, -0.25) is 4.79 Å². The molecule has 0 aromatic heterocycles. The van der Waals surface area contributed by atoms with Crippen LogP contribution in [0.25, 0.3) is 21.5 Å². The smallest absolute Gasteiger partial charge is 0.251 e. The molecule has 0 spiro atoms. The number of phenolic OH excluding ortho intramolecular Hbond substituents is 1. The van der Waals surface area contributed by atoms with Crippen LogP contribution in [-0.4, -0.2) is 43.2 Å². The van der Waals surface area contributed by atoms with Crippen molar-refractivity contribution in [2.75, 3.05) is 20.1 Å². The Kier molecular flexibility index (Phi) is 8.51. The number of aromatic hydroxyl groups is 1. The molecule has 0 radical (unpaired) electrons. The van der Waals surface area contributed by atoms with Gasteiger partial charge < -0.3 is 21.1 Å². The molecule has 5 heteroatoms. The van der Waals surface area contributed by atoms with Crippen LogP contribution in [0.4, 0.5) is 0 Å². The molecule has 5 aromatic rings. The predicted molar refractivity (Wildman–Crippen MR) is 160 cm³/mol. The van der Waals surface area contributed by atoms with E-state index in [-0.39, 0.29) is 23.7 Å². The number of rotatable bonds is 11. The van der Waals surface area contributed by atoms with Crippen LogP contribution >= 0.6 is 0 Å². The summed E-state index contributed by atoms with van der Waals surface area (Å²) in [7, 11) is 1.97. The van der Waals surface area contributed by atoms with Crippen LogP contribution in [0.15, 0.2) is 109 Å². The van der Waals surface area contributed by atoms with Crippen LogP contribution in [-0.2, 0) is 12.8 Å². The Morgan fingerprint density at radius 3 is 1.79 bits per heavy atom. The highest BCUT2D eigenvalue weighted by Gasteiger charge is 2.19. The second kappa shape index (κ2) is 12.6. The zero-order valence-corrected chi connectivity index (χ0v) is 22.2. The van der Waals surface area contributed by atoms with Crippen molar-refractivity contribution in [1.82, 2.24) is 16.0 Å². The Hall–Kier alpha value is -4.19. The lowest BCUT2D eigenvalue weighted by atomic mass is 9.97. The van der Waals surface area contributed by atoms with Gasteiger partial charge in [0.05, 0.1) is 0 Å². The van der Waals surface area contributed by atoms with E-state index in [0.29, 0.717) is 18.5 Å². The molecular weight excluding hydrogens is 482 g/mol. The van der Waals surface area contributed by atoms with Gasteiger partial charge in [0.2, 0.25) is 0 Å². The minimum absolute atomic E-state index is 0.135. The zero-order chi connectivity index (χ0) is 27.0. The van der Waals surface area contributed by atoms with Crippen molar-refractivity contribution >= 4 is 27.5 Å². The summed E-state index contributed by atoms with van der Waals surface area (Å²) >= 11 is 0. The molecule has 0 saturated carbocycles. The average molecular weight is 518 g/mol. The fourth-order valence-corrected chi connectivity index (χ4v) is 5.30. The number of benzene rings is 5. The molecule has 1 amide bonds. The van der Waals surface area contributed by atoms with Gasteiger partial charge in [0.1, 0.15) is 5.75 Å². The van der Waals surface area contributed by atoms with Gasteiger partial charge in [0.15, 0.2) is 0 Å². The van der Waals surface area contributed by atoms with E-state index in [1.807, 2.05) is 13.1 Å². The molecule has 5 rings (SSSR count). The zero-order valence-electron chi connectivity index (χ0n) is 22.2. The first-order valence-electron chi connectivity index (χ1n) is 13.5. The van der Waals surface area contributed by atoms with Crippen LogP contribution in [0.1, 0.15) is 21.5 Å². The number of likely N-dealkylation sites (N-methyl/N-ethyl adjacent to an activating group) is 1. The third-order valence-electron chi connectivity index (χ3n) is 7.26. The largest absolute Gasteiger partial charge is 0.508 e. The number of phenols is 1. The first kappa shape index (κ1) is 26.4. The van der Waals surface area contributed by atoms with Crippen molar-refractivity contribution in [3.05, 3.63) is 126 Å². The van der Waals surface area contributed by atoms with E-state index in [1.165, 1.54) is 32.7 Å². The standard InChI is InChI=1S/C34H35N3O2/c1-35-22-29(20-27-12-6-10-24-8-2-4-14-32(24)27)36-23-30(37-34(39)26-16-18-31(38)19-17-26)21-28-13-7-11-25-9-3-5-15-33(25)28/h2-19,29-30,35-36,38H,20-23H2,1H3,(H,37,39)/t29-,30-/m1/s1. The molecular formula is C34H35N3O2. The highest BCUT2D eigenvalue weighted by atomic mass is 16.3. The fourth-order valence-electron chi connectivity index (χ4n) is 5.30. The van der Waals surface area contributed by atoms with E-state index in [9.17, 15) is 9.90 Å². The summed E-state index contributed by atoms with van der Waals surface area (Å²) in [5.41, 5.74) is 3.03. The molecule has 4 N–H and O–H groups in total. The topological polar surface area (TPSA) is 73.4 Å². The number of amides is 1. The number of hydrogen-bond acceptors (Lipinski definition) is 4. The molecule has 0 unspecified atom stereocenters. The number of carbonyl (C=O) groups is 1. The number of fused-ring (bicyclic) bond motifs is 2. The van der Waals surface area contributed by atoms with Crippen molar-refractivity contribution in [2.24, 2.45) is 0 Å². The van der Waals surface area contributed by atoms with E-state index in [4.69, 9.17) is 0 Å². The summed E-state index contributed by atoms with van der Waals surface area (Å²) in [6.07, 6.45) is 1.56. The summed E-state index contributed by atoms with van der Waals surface area (Å²) in [6.45, 7) is 1.42. The van der Waals surface area contributed by atoms with E-state index < -0.39 is 0 Å². The van der Waals surface area contributed by atoms with Crippen molar-refractivity contribution in [1.29, 1.82) is 0 Å². The SMILES string of the molecule is CNC[C@@H](Cc1cccc2ccccc12)NC[C@@H](Cc1cccc2ccccc12)NC(=O)c1ccc(O)cc1. The summed E-state index contributed by atoms with van der Waals surface area (Å²) in [4.78, 5) is 13.2. The average Bonchev–Trinajstić information content (AvgIpc) is 2.96. The Morgan fingerprint density at radius 1 is 0.667 bits per heavy atom. The monoisotopic (exact) mass is 517 g/mol. The van der Waals surface area contributed by atoms with Crippen LogP contribution in [0.3, 0.4) is 0 Å². The maximum Gasteiger partial charge on any atom is 0.251 e. The number of hydrogen-bond donors (Lipinski definition) is 4. The minimum atomic E-state index is -0.152. The summed E-state index contributed by atoms with van der Waals surface area (Å²) in [5, 5.41) is 24.9. The quantitative estimate of drug-likeness (QED) is 0.188. The molecule has 5 nitrogen and oxygen atoms in total. The minimum Gasteiger partial charge on any atom is -0.508 e. The molecule has 0 bridgehead atoms. The lowest BCUT2D eigenvalue weighted by Crippen LogP contribution is -2.48. The van der Waals surface area contributed by atoms with E-state index >= 15 is 0 Å². The summed E-state index contributed by atoms with van der Waals surface area (Å²) in [5.74, 6) is -0.00915. The van der Waals surface area contributed by atoms with Crippen molar-refractivity contribution in [3.8, 4) is 5.75 Å². The van der Waals surface area contributed by atoms with Gasteiger partial charge in [0.25, 0.3) is 5.91 Å². The third-order valence-corrected chi connectivity index (χ3v) is 7.26. The maximum atomic E-state index is 13.2. The van der Waals surface area contributed by atoms with Crippen LogP contribution in [0, 0.1) is 0 Å². The second-order valence-electron chi connectivity index (χ2n) is 10.1. The summed E-state index contributed by atoms with van der Waals surface area (Å²) < 4.78 is 0. The highest BCUT2D eigenvalue weighted by Crippen LogP contribution is 2.21. The van der Waals surface area contributed by atoms with Gasteiger partial charge >= 0.3 is 0 Å². The molecule has 5 aromatic carbocycles. The molecule has 0 heterocycles.